The minimum absolute atomic E-state index is 0.927. The topological polar surface area (TPSA) is 77.3 Å². The van der Waals surface area contributed by atoms with Crippen molar-refractivity contribution in [3.05, 3.63) is 34.2 Å². The zero-order valence-electron chi connectivity index (χ0n) is 44.4. The molecule has 6 heteroatoms. The molecule has 0 atom stereocenters. The van der Waals surface area contributed by atoms with Crippen molar-refractivity contribution in [2.75, 3.05) is 0 Å². The van der Waals surface area contributed by atoms with Crippen LogP contribution in [0.5, 0.6) is 0 Å². The SMILES string of the molecule is CCCCCCCCc1nc2c3nc(CCCCCCCC)c(CCCCCCCC)nc3c3nc(CCCCCCCC)c(CCCCCCCC)nc3c2nc1CCCCCCCC. The van der Waals surface area contributed by atoms with Gasteiger partial charge in [-0.15, -0.1) is 0 Å². The Bertz CT molecular complexity index is 1490. The van der Waals surface area contributed by atoms with Crippen LogP contribution >= 0.6 is 0 Å². The summed E-state index contributed by atoms with van der Waals surface area (Å²) in [6.07, 6.45) is 52.0. The highest BCUT2D eigenvalue weighted by Gasteiger charge is 2.23. The normalized spacial score (nSPS) is 11.9. The molecule has 0 spiro atoms. The number of nitrogens with zero attached hydrogens (tertiary/aromatic N) is 6. The van der Waals surface area contributed by atoms with Crippen molar-refractivity contribution in [3.63, 3.8) is 0 Å². The molecule has 0 radical (unpaired) electrons. The van der Waals surface area contributed by atoms with E-state index in [0.29, 0.717) is 0 Å². The van der Waals surface area contributed by atoms with Gasteiger partial charge in [0, 0.05) is 0 Å². The third-order valence-corrected chi connectivity index (χ3v) is 14.4. The van der Waals surface area contributed by atoms with Gasteiger partial charge in [-0.2, -0.15) is 0 Å². The molecule has 0 amide bonds. The van der Waals surface area contributed by atoms with Crippen LogP contribution in [0.15, 0.2) is 0 Å². The molecule has 0 aliphatic heterocycles. The molecule has 372 valence electrons. The average Bonchev–Trinajstić information content (AvgIpc) is 3.33. The highest BCUT2D eigenvalue weighted by molar-refractivity contribution is 6.18. The number of aryl methyl sites for hydroxylation is 6. The summed E-state index contributed by atoms with van der Waals surface area (Å²) in [4.78, 5) is 34.4. The van der Waals surface area contributed by atoms with Crippen LogP contribution in [0.2, 0.25) is 0 Å². The number of hydrogen-bond donors (Lipinski definition) is 0. The van der Waals surface area contributed by atoms with E-state index in [-0.39, 0.29) is 0 Å². The van der Waals surface area contributed by atoms with Crippen molar-refractivity contribution >= 4 is 33.1 Å². The Labute approximate surface area is 406 Å². The molecule has 3 aromatic heterocycles. The molecule has 66 heavy (non-hydrogen) atoms. The number of aromatic nitrogens is 6. The molecule has 0 saturated heterocycles. The summed E-state index contributed by atoms with van der Waals surface area (Å²) in [5.74, 6) is 0. The van der Waals surface area contributed by atoms with Crippen LogP contribution in [-0.4, -0.2) is 29.9 Å². The van der Waals surface area contributed by atoms with Crippen molar-refractivity contribution in [3.8, 4) is 0 Å². The summed E-state index contributed by atoms with van der Waals surface area (Å²) in [5.41, 5.74) is 12.7. The first-order chi connectivity index (χ1) is 32.6. The first-order valence-electron chi connectivity index (χ1n) is 29.3. The summed E-state index contributed by atoms with van der Waals surface area (Å²) in [7, 11) is 0. The molecular formula is C60H102N6. The number of hydrogen-bond acceptors (Lipinski definition) is 6. The highest BCUT2D eigenvalue weighted by Crippen LogP contribution is 2.34. The lowest BCUT2D eigenvalue weighted by Gasteiger charge is -2.17. The van der Waals surface area contributed by atoms with Crippen molar-refractivity contribution in [2.24, 2.45) is 0 Å². The summed E-state index contributed by atoms with van der Waals surface area (Å²) < 4.78 is 0. The van der Waals surface area contributed by atoms with Gasteiger partial charge in [0.2, 0.25) is 0 Å². The Hall–Kier alpha value is -2.76. The molecule has 0 N–H and O–H groups in total. The van der Waals surface area contributed by atoms with Gasteiger partial charge in [0.1, 0.15) is 33.1 Å². The van der Waals surface area contributed by atoms with Crippen molar-refractivity contribution in [1.82, 2.24) is 29.9 Å². The monoisotopic (exact) mass is 907 g/mol. The zero-order valence-corrected chi connectivity index (χ0v) is 44.4. The molecule has 0 fully saturated rings. The average molecular weight is 908 g/mol. The van der Waals surface area contributed by atoms with Crippen LogP contribution in [0.3, 0.4) is 0 Å². The number of fused-ring (bicyclic) bond motifs is 6. The second-order valence-electron chi connectivity index (χ2n) is 20.5. The Balaban J connectivity index is 1.91. The first kappa shape index (κ1) is 55.8. The van der Waals surface area contributed by atoms with E-state index in [1.165, 1.54) is 265 Å². The predicted molar refractivity (Wildman–Crippen MR) is 288 cm³/mol. The van der Waals surface area contributed by atoms with Crippen molar-refractivity contribution < 1.29 is 0 Å². The number of unbranched alkanes of at least 4 members (excludes halogenated alkanes) is 30. The van der Waals surface area contributed by atoms with E-state index in [9.17, 15) is 0 Å². The standard InChI is InChI=1S/C60H102N6/c1-7-13-19-25-31-37-43-49-50(44-38-32-26-20-14-8-2)62-56-55(61-49)57-59(65-52(46-40-34-28-22-16-10-4)51(63-57)45-39-33-27-21-15-9-3)60-58(56)64-53(47-41-35-29-23-17-11-5)54(66-60)48-42-36-30-24-18-12-6/h7-48H2,1-6H3. The molecule has 4 aromatic rings. The molecule has 0 aliphatic rings. The minimum Gasteiger partial charge on any atom is -0.247 e. The van der Waals surface area contributed by atoms with Crippen LogP contribution < -0.4 is 0 Å². The lowest BCUT2D eigenvalue weighted by atomic mass is 10.0. The second kappa shape index (κ2) is 35.4. The van der Waals surface area contributed by atoms with Gasteiger partial charge in [0.15, 0.2) is 0 Å². The van der Waals surface area contributed by atoms with Crippen LogP contribution in [0, 0.1) is 0 Å². The zero-order chi connectivity index (χ0) is 46.9. The van der Waals surface area contributed by atoms with Crippen molar-refractivity contribution in [1.29, 1.82) is 0 Å². The van der Waals surface area contributed by atoms with Gasteiger partial charge >= 0.3 is 0 Å². The quantitative estimate of drug-likeness (QED) is 0.0326. The van der Waals surface area contributed by atoms with Gasteiger partial charge < -0.3 is 0 Å². The van der Waals surface area contributed by atoms with Crippen molar-refractivity contribution in [2.45, 2.75) is 311 Å². The molecule has 6 nitrogen and oxygen atoms in total. The van der Waals surface area contributed by atoms with Crippen LogP contribution in [0.4, 0.5) is 0 Å². The Morgan fingerprint density at radius 1 is 0.167 bits per heavy atom. The molecule has 0 aliphatic carbocycles. The lowest BCUT2D eigenvalue weighted by molar-refractivity contribution is 0.592. The van der Waals surface area contributed by atoms with E-state index in [1.54, 1.807) is 0 Å². The fourth-order valence-electron chi connectivity index (χ4n) is 10.1. The van der Waals surface area contributed by atoms with E-state index < -0.39 is 0 Å². The Kier molecular flexibility index (Phi) is 29.9. The maximum atomic E-state index is 5.73. The third-order valence-electron chi connectivity index (χ3n) is 14.4. The maximum Gasteiger partial charge on any atom is 0.119 e. The van der Waals surface area contributed by atoms with Gasteiger partial charge in [0.25, 0.3) is 0 Å². The van der Waals surface area contributed by atoms with Crippen LogP contribution in [0.25, 0.3) is 33.1 Å². The first-order valence-corrected chi connectivity index (χ1v) is 29.3. The second-order valence-corrected chi connectivity index (χ2v) is 20.5. The fourth-order valence-corrected chi connectivity index (χ4v) is 10.1. The van der Waals surface area contributed by atoms with Gasteiger partial charge in [-0.3, -0.25) is 0 Å². The summed E-state index contributed by atoms with van der Waals surface area (Å²) in [6.45, 7) is 13.9. The Morgan fingerprint density at radius 3 is 0.424 bits per heavy atom. The smallest absolute Gasteiger partial charge is 0.119 e. The van der Waals surface area contributed by atoms with E-state index in [4.69, 9.17) is 29.9 Å². The molecule has 0 bridgehead atoms. The third kappa shape index (κ3) is 20.1. The summed E-state index contributed by atoms with van der Waals surface area (Å²) >= 11 is 0. The molecular weight excluding hydrogens is 805 g/mol. The Morgan fingerprint density at radius 2 is 0.288 bits per heavy atom. The van der Waals surface area contributed by atoms with Gasteiger partial charge in [0.05, 0.1) is 34.2 Å². The number of benzene rings is 1. The van der Waals surface area contributed by atoms with E-state index in [0.717, 1.165) is 71.6 Å². The van der Waals surface area contributed by atoms with Gasteiger partial charge in [-0.1, -0.05) is 234 Å². The highest BCUT2D eigenvalue weighted by atomic mass is 14.9. The molecule has 0 saturated carbocycles. The van der Waals surface area contributed by atoms with E-state index in [1.807, 2.05) is 0 Å². The molecule has 0 unspecified atom stereocenters. The predicted octanol–water partition coefficient (Wildman–Crippen LogP) is 18.9. The molecule has 3 heterocycles. The molecule has 1 aromatic carbocycles. The van der Waals surface area contributed by atoms with Crippen LogP contribution in [-0.2, 0) is 38.5 Å². The van der Waals surface area contributed by atoms with E-state index in [2.05, 4.69) is 41.5 Å². The lowest BCUT2D eigenvalue weighted by Crippen LogP contribution is -2.10. The summed E-state index contributed by atoms with van der Waals surface area (Å²) in [6, 6.07) is 0. The van der Waals surface area contributed by atoms with Gasteiger partial charge in [-0.25, -0.2) is 29.9 Å². The summed E-state index contributed by atoms with van der Waals surface area (Å²) in [5, 5.41) is 0. The maximum absolute atomic E-state index is 5.73. The minimum atomic E-state index is 0.927. The largest absolute Gasteiger partial charge is 0.247 e. The van der Waals surface area contributed by atoms with Crippen LogP contribution in [0.1, 0.15) is 307 Å². The number of rotatable bonds is 42. The van der Waals surface area contributed by atoms with E-state index >= 15 is 0 Å². The molecule has 4 rings (SSSR count). The van der Waals surface area contributed by atoms with Gasteiger partial charge in [-0.05, 0) is 77.0 Å². The fraction of sp³-hybridized carbons (Fsp3) is 0.800.